The fraction of sp³-hybridized carbons (Fsp3) is 0.357. The van der Waals surface area contributed by atoms with Gasteiger partial charge in [-0.1, -0.05) is 0 Å². The van der Waals surface area contributed by atoms with Gasteiger partial charge < -0.3 is 4.90 Å². The fourth-order valence-electron chi connectivity index (χ4n) is 2.40. The first-order valence-corrected chi connectivity index (χ1v) is 7.43. The lowest BCUT2D eigenvalue weighted by molar-refractivity contribution is 0.0790. The van der Waals surface area contributed by atoms with Crippen LogP contribution in [0, 0.1) is 6.92 Å². The summed E-state index contributed by atoms with van der Waals surface area (Å²) in [6, 6.07) is 1.93. The highest BCUT2D eigenvalue weighted by atomic mass is 32.1. The highest BCUT2D eigenvalue weighted by Crippen LogP contribution is 2.28. The van der Waals surface area contributed by atoms with Crippen LogP contribution in [0.3, 0.4) is 0 Å². The van der Waals surface area contributed by atoms with E-state index in [2.05, 4.69) is 10.2 Å². The predicted octanol–water partition coefficient (Wildman–Crippen LogP) is 1.95. The van der Waals surface area contributed by atoms with Gasteiger partial charge in [-0.15, -0.1) is 11.3 Å². The third-order valence-electron chi connectivity index (χ3n) is 3.43. The summed E-state index contributed by atoms with van der Waals surface area (Å²) >= 11 is 1.49. The van der Waals surface area contributed by atoms with Gasteiger partial charge in [0.05, 0.1) is 16.8 Å². The largest absolute Gasteiger partial charge is 0.337 e. The molecule has 0 atom stereocenters. The van der Waals surface area contributed by atoms with E-state index in [1.54, 1.807) is 15.8 Å². The number of hydrogen-bond donors (Lipinski definition) is 0. The molecule has 0 aliphatic heterocycles. The van der Waals surface area contributed by atoms with Crippen LogP contribution in [0.4, 0.5) is 0 Å². The third kappa shape index (κ3) is 2.44. The number of amides is 1. The van der Waals surface area contributed by atoms with Crippen LogP contribution in [-0.2, 0) is 20.6 Å². The van der Waals surface area contributed by atoms with Gasteiger partial charge >= 0.3 is 0 Å². The van der Waals surface area contributed by atoms with Gasteiger partial charge in [-0.3, -0.25) is 14.2 Å². The molecule has 21 heavy (non-hydrogen) atoms. The van der Waals surface area contributed by atoms with Crippen molar-refractivity contribution in [3.63, 3.8) is 0 Å². The molecule has 0 bridgehead atoms. The van der Waals surface area contributed by atoms with Crippen molar-refractivity contribution < 1.29 is 4.79 Å². The van der Waals surface area contributed by atoms with Gasteiger partial charge in [0.1, 0.15) is 4.83 Å². The Morgan fingerprint density at radius 3 is 2.81 bits per heavy atom. The average molecular weight is 303 g/mol. The van der Waals surface area contributed by atoms with Gasteiger partial charge in [0.2, 0.25) is 0 Å². The molecule has 0 aromatic carbocycles. The molecule has 3 aromatic rings. The molecule has 0 aliphatic rings. The zero-order valence-electron chi connectivity index (χ0n) is 12.5. The van der Waals surface area contributed by atoms with Crippen molar-refractivity contribution in [2.24, 2.45) is 14.1 Å². The topological polar surface area (TPSA) is 56.0 Å². The van der Waals surface area contributed by atoms with Crippen LogP contribution in [0.1, 0.15) is 20.9 Å². The first kappa shape index (κ1) is 13.8. The Balaban J connectivity index is 1.84. The fourth-order valence-corrected chi connectivity index (χ4v) is 3.52. The number of carbonyl (C=O) groups is 1. The summed E-state index contributed by atoms with van der Waals surface area (Å²) in [5.41, 5.74) is 1.98. The molecule has 0 saturated carbocycles. The minimum atomic E-state index is 0.0273. The van der Waals surface area contributed by atoms with Crippen molar-refractivity contribution in [2.45, 2.75) is 13.5 Å². The highest BCUT2D eigenvalue weighted by Gasteiger charge is 2.18. The maximum Gasteiger partial charge on any atom is 0.264 e. The number of aryl methyl sites for hydroxylation is 3. The van der Waals surface area contributed by atoms with Crippen LogP contribution < -0.4 is 0 Å². The molecule has 0 saturated heterocycles. The Kier molecular flexibility index (Phi) is 3.29. The lowest BCUT2D eigenvalue weighted by Gasteiger charge is -2.14. The third-order valence-corrected chi connectivity index (χ3v) is 4.62. The Bertz CT molecular complexity index is 778. The number of hydrogen-bond acceptors (Lipinski definition) is 4. The standard InChI is InChI=1S/C14H17N5OS/c1-9-11-5-12(21-14(11)19(4)16-9)13(20)17(2)7-10-6-15-18(3)8-10/h5-6,8H,7H2,1-4H3. The van der Waals surface area contributed by atoms with Crippen molar-refractivity contribution in [3.05, 3.63) is 34.6 Å². The Hall–Kier alpha value is -2.15. The number of rotatable bonds is 3. The second-order valence-electron chi connectivity index (χ2n) is 5.22. The molecular weight excluding hydrogens is 286 g/mol. The van der Waals surface area contributed by atoms with E-state index < -0.39 is 0 Å². The first-order valence-electron chi connectivity index (χ1n) is 6.62. The highest BCUT2D eigenvalue weighted by molar-refractivity contribution is 7.20. The monoisotopic (exact) mass is 303 g/mol. The van der Waals surface area contributed by atoms with Crippen molar-refractivity contribution in [1.82, 2.24) is 24.5 Å². The minimum absolute atomic E-state index is 0.0273. The summed E-state index contributed by atoms with van der Waals surface area (Å²) in [6.07, 6.45) is 3.70. The molecule has 0 radical (unpaired) electrons. The van der Waals surface area contributed by atoms with Gasteiger partial charge in [0.15, 0.2) is 0 Å². The normalized spacial score (nSPS) is 11.2. The molecule has 110 valence electrons. The molecule has 7 heteroatoms. The predicted molar refractivity (Wildman–Crippen MR) is 82.3 cm³/mol. The van der Waals surface area contributed by atoms with Crippen LogP contribution in [0.5, 0.6) is 0 Å². The van der Waals surface area contributed by atoms with E-state index in [0.29, 0.717) is 6.54 Å². The zero-order chi connectivity index (χ0) is 15.1. The molecular formula is C14H17N5OS. The Morgan fingerprint density at radius 1 is 1.43 bits per heavy atom. The van der Waals surface area contributed by atoms with E-state index >= 15 is 0 Å². The molecule has 6 nitrogen and oxygen atoms in total. The number of nitrogens with zero attached hydrogens (tertiary/aromatic N) is 5. The average Bonchev–Trinajstić information content (AvgIpc) is 3.09. The molecule has 0 spiro atoms. The van der Waals surface area contributed by atoms with Crippen molar-refractivity contribution in [3.8, 4) is 0 Å². The molecule has 1 amide bonds. The van der Waals surface area contributed by atoms with Gasteiger partial charge in [-0.2, -0.15) is 10.2 Å². The minimum Gasteiger partial charge on any atom is -0.337 e. The Morgan fingerprint density at radius 2 is 2.19 bits per heavy atom. The number of thiophene rings is 1. The van der Waals surface area contributed by atoms with Crippen molar-refractivity contribution in [1.29, 1.82) is 0 Å². The summed E-state index contributed by atoms with van der Waals surface area (Å²) in [6.45, 7) is 2.51. The van der Waals surface area contributed by atoms with Crippen LogP contribution in [0.25, 0.3) is 10.2 Å². The number of fused-ring (bicyclic) bond motifs is 1. The lowest BCUT2D eigenvalue weighted by Crippen LogP contribution is -2.25. The summed E-state index contributed by atoms with van der Waals surface area (Å²) in [4.78, 5) is 16.0. The lowest BCUT2D eigenvalue weighted by atomic mass is 10.3. The molecule has 0 aliphatic carbocycles. The second-order valence-corrected chi connectivity index (χ2v) is 6.25. The van der Waals surface area contributed by atoms with Crippen LogP contribution in [0.15, 0.2) is 18.5 Å². The summed E-state index contributed by atoms with van der Waals surface area (Å²) in [5, 5.41) is 9.53. The van der Waals surface area contributed by atoms with Crippen molar-refractivity contribution in [2.75, 3.05) is 7.05 Å². The van der Waals surface area contributed by atoms with E-state index in [-0.39, 0.29) is 5.91 Å². The molecule has 3 rings (SSSR count). The summed E-state index contributed by atoms with van der Waals surface area (Å²) in [5.74, 6) is 0.0273. The quantitative estimate of drug-likeness (QED) is 0.743. The summed E-state index contributed by atoms with van der Waals surface area (Å²) < 4.78 is 3.56. The molecule has 3 aromatic heterocycles. The second kappa shape index (κ2) is 5.00. The van der Waals surface area contributed by atoms with Crippen LogP contribution in [-0.4, -0.2) is 37.4 Å². The molecule has 0 unspecified atom stereocenters. The first-order chi connectivity index (χ1) is 9.95. The molecule has 0 fully saturated rings. The smallest absolute Gasteiger partial charge is 0.264 e. The van der Waals surface area contributed by atoms with Crippen LogP contribution in [0.2, 0.25) is 0 Å². The van der Waals surface area contributed by atoms with Gasteiger partial charge in [0, 0.05) is 44.8 Å². The zero-order valence-corrected chi connectivity index (χ0v) is 13.3. The van der Waals surface area contributed by atoms with Crippen molar-refractivity contribution >= 4 is 27.5 Å². The van der Waals surface area contributed by atoms with E-state index in [9.17, 15) is 4.79 Å². The SMILES string of the molecule is Cc1nn(C)c2sc(C(=O)N(C)Cc3cnn(C)c3)cc12. The van der Waals surface area contributed by atoms with Crippen LogP contribution >= 0.6 is 11.3 Å². The summed E-state index contributed by atoms with van der Waals surface area (Å²) in [7, 11) is 5.58. The number of aromatic nitrogens is 4. The number of carbonyl (C=O) groups excluding carboxylic acids is 1. The molecule has 0 N–H and O–H groups in total. The maximum absolute atomic E-state index is 12.5. The van der Waals surface area contributed by atoms with E-state index in [1.807, 2.05) is 45.0 Å². The Labute approximate surface area is 126 Å². The van der Waals surface area contributed by atoms with E-state index in [1.165, 1.54) is 11.3 Å². The van der Waals surface area contributed by atoms with Gasteiger partial charge in [0.25, 0.3) is 5.91 Å². The molecule has 3 heterocycles. The maximum atomic E-state index is 12.5. The van der Waals surface area contributed by atoms with E-state index in [0.717, 1.165) is 26.4 Å². The van der Waals surface area contributed by atoms with Gasteiger partial charge in [-0.05, 0) is 13.0 Å². The van der Waals surface area contributed by atoms with E-state index in [4.69, 9.17) is 0 Å². The van der Waals surface area contributed by atoms with Gasteiger partial charge in [-0.25, -0.2) is 0 Å².